The van der Waals surface area contributed by atoms with Gasteiger partial charge in [-0.25, -0.2) is 0 Å². The Bertz CT molecular complexity index is 762. The zero-order valence-electron chi connectivity index (χ0n) is 15.9. The summed E-state index contributed by atoms with van der Waals surface area (Å²) < 4.78 is 0. The highest BCUT2D eigenvalue weighted by Crippen LogP contribution is 2.29. The van der Waals surface area contributed by atoms with Crippen LogP contribution in [0.5, 0.6) is 0 Å². The smallest absolute Gasteiger partial charge is 0.251 e. The van der Waals surface area contributed by atoms with E-state index in [0.29, 0.717) is 12.1 Å². The molecule has 5 nitrogen and oxygen atoms in total. The van der Waals surface area contributed by atoms with Crippen molar-refractivity contribution >= 4 is 24.2 Å². The van der Waals surface area contributed by atoms with E-state index in [1.807, 2.05) is 48.5 Å². The zero-order chi connectivity index (χ0) is 19.1. The largest absolute Gasteiger partial charge is 0.349 e. The first kappa shape index (κ1) is 21.9. The molecule has 1 atom stereocenters. The fourth-order valence-electron chi connectivity index (χ4n) is 3.73. The summed E-state index contributed by atoms with van der Waals surface area (Å²) >= 11 is 0. The van der Waals surface area contributed by atoms with Crippen LogP contribution in [0.1, 0.15) is 54.1 Å². The van der Waals surface area contributed by atoms with Crippen molar-refractivity contribution in [2.75, 3.05) is 6.54 Å². The monoisotopic (exact) mass is 401 g/mol. The highest BCUT2D eigenvalue weighted by molar-refractivity contribution is 5.94. The van der Waals surface area contributed by atoms with Crippen LogP contribution >= 0.6 is 12.4 Å². The Morgan fingerprint density at radius 3 is 2.11 bits per heavy atom. The fourth-order valence-corrected chi connectivity index (χ4v) is 3.73. The molecule has 0 bridgehead atoms. The summed E-state index contributed by atoms with van der Waals surface area (Å²) in [4.78, 5) is 25.4. The van der Waals surface area contributed by atoms with Crippen LogP contribution in [0.3, 0.4) is 0 Å². The first-order chi connectivity index (χ1) is 13.1. The van der Waals surface area contributed by atoms with Crippen molar-refractivity contribution in [1.29, 1.82) is 0 Å². The molecule has 1 saturated carbocycles. The number of hydrogen-bond donors (Lipinski definition) is 3. The van der Waals surface area contributed by atoms with Gasteiger partial charge in [-0.1, -0.05) is 61.4 Å². The molecule has 1 aliphatic rings. The van der Waals surface area contributed by atoms with Gasteiger partial charge in [0.25, 0.3) is 5.91 Å². The van der Waals surface area contributed by atoms with Crippen molar-refractivity contribution in [2.24, 2.45) is 5.73 Å². The van der Waals surface area contributed by atoms with E-state index in [0.717, 1.165) is 31.2 Å². The summed E-state index contributed by atoms with van der Waals surface area (Å²) in [7, 11) is 0. The van der Waals surface area contributed by atoms with Crippen LogP contribution in [0.25, 0.3) is 0 Å². The minimum absolute atomic E-state index is 0. The van der Waals surface area contributed by atoms with E-state index >= 15 is 0 Å². The number of benzene rings is 2. The molecule has 0 radical (unpaired) electrons. The molecule has 2 aromatic carbocycles. The summed E-state index contributed by atoms with van der Waals surface area (Å²) in [6.45, 7) is 0.450. The van der Waals surface area contributed by atoms with Crippen molar-refractivity contribution < 1.29 is 9.59 Å². The number of carbonyl (C=O) groups is 2. The highest BCUT2D eigenvalue weighted by Gasteiger charge is 2.34. The van der Waals surface area contributed by atoms with Gasteiger partial charge in [-0.05, 0) is 30.5 Å². The third kappa shape index (κ3) is 5.57. The molecule has 3 rings (SSSR count). The zero-order valence-corrected chi connectivity index (χ0v) is 16.7. The van der Waals surface area contributed by atoms with Gasteiger partial charge < -0.3 is 16.4 Å². The first-order valence-electron chi connectivity index (χ1n) is 9.54. The molecular weight excluding hydrogens is 374 g/mol. The lowest BCUT2D eigenvalue weighted by atomic mass is 9.96. The van der Waals surface area contributed by atoms with E-state index in [4.69, 9.17) is 5.73 Å². The van der Waals surface area contributed by atoms with E-state index in [9.17, 15) is 9.59 Å². The summed E-state index contributed by atoms with van der Waals surface area (Å²) in [5.41, 5.74) is 7.13. The Morgan fingerprint density at radius 1 is 0.964 bits per heavy atom. The second kappa shape index (κ2) is 10.2. The summed E-state index contributed by atoms with van der Waals surface area (Å²) in [6, 6.07) is 18.2. The summed E-state index contributed by atoms with van der Waals surface area (Å²) in [6.07, 6.45) is 4.20. The van der Waals surface area contributed by atoms with Crippen molar-refractivity contribution in [3.05, 3.63) is 71.8 Å². The minimum atomic E-state index is -0.393. The lowest BCUT2D eigenvalue weighted by molar-refractivity contribution is -0.123. The van der Waals surface area contributed by atoms with Crippen LogP contribution in [0.15, 0.2) is 60.7 Å². The van der Waals surface area contributed by atoms with Crippen LogP contribution in [0.4, 0.5) is 0 Å². The number of nitrogens with one attached hydrogen (secondary N) is 2. The van der Waals surface area contributed by atoms with Gasteiger partial charge in [-0.2, -0.15) is 0 Å². The Labute approximate surface area is 172 Å². The van der Waals surface area contributed by atoms with Crippen molar-refractivity contribution in [3.63, 3.8) is 0 Å². The number of nitrogens with two attached hydrogens (primary N) is 1. The van der Waals surface area contributed by atoms with E-state index < -0.39 is 6.04 Å². The Balaban J connectivity index is 0.00000280. The maximum absolute atomic E-state index is 12.7. The minimum Gasteiger partial charge on any atom is -0.349 e. The number of hydrogen-bond acceptors (Lipinski definition) is 3. The average Bonchev–Trinajstić information content (AvgIpc) is 3.17. The third-order valence-corrected chi connectivity index (χ3v) is 5.29. The molecule has 0 saturated heterocycles. The lowest BCUT2D eigenvalue weighted by Crippen LogP contribution is -2.52. The summed E-state index contributed by atoms with van der Waals surface area (Å²) in [5, 5.41) is 6.14. The predicted octanol–water partition coefficient (Wildman–Crippen LogP) is 3.36. The molecule has 28 heavy (non-hydrogen) atoms. The highest BCUT2D eigenvalue weighted by atomic mass is 35.5. The molecule has 1 unspecified atom stereocenters. The first-order valence-corrected chi connectivity index (χ1v) is 9.54. The van der Waals surface area contributed by atoms with E-state index in [1.165, 1.54) is 0 Å². The molecule has 150 valence electrons. The van der Waals surface area contributed by atoms with Crippen molar-refractivity contribution in [2.45, 2.75) is 43.7 Å². The van der Waals surface area contributed by atoms with Gasteiger partial charge in [0.05, 0.1) is 18.0 Å². The number of amides is 2. The quantitative estimate of drug-likeness (QED) is 0.665. The number of carbonyl (C=O) groups excluding carboxylic acids is 2. The van der Waals surface area contributed by atoms with Crippen LogP contribution in [-0.4, -0.2) is 23.9 Å². The molecule has 4 N–H and O–H groups in total. The van der Waals surface area contributed by atoms with Gasteiger partial charge >= 0.3 is 0 Å². The van der Waals surface area contributed by atoms with E-state index in [2.05, 4.69) is 10.6 Å². The van der Waals surface area contributed by atoms with Gasteiger partial charge in [0.2, 0.25) is 5.91 Å². The van der Waals surface area contributed by atoms with Crippen LogP contribution in [-0.2, 0) is 4.79 Å². The second-order valence-electron chi connectivity index (χ2n) is 7.25. The number of halogens is 1. The molecule has 1 aliphatic carbocycles. The molecule has 2 aromatic rings. The maximum atomic E-state index is 12.7. The Kier molecular flexibility index (Phi) is 8.03. The molecule has 0 heterocycles. The second-order valence-corrected chi connectivity index (χ2v) is 7.25. The number of rotatable bonds is 7. The van der Waals surface area contributed by atoms with Crippen LogP contribution in [0.2, 0.25) is 0 Å². The maximum Gasteiger partial charge on any atom is 0.251 e. The lowest BCUT2D eigenvalue weighted by Gasteiger charge is -2.30. The van der Waals surface area contributed by atoms with Gasteiger partial charge in [0, 0.05) is 12.1 Å². The van der Waals surface area contributed by atoms with E-state index in [1.54, 1.807) is 12.1 Å². The topological polar surface area (TPSA) is 84.2 Å². The third-order valence-electron chi connectivity index (χ3n) is 5.29. The molecular formula is C22H28ClN3O2. The van der Waals surface area contributed by atoms with Gasteiger partial charge in [0.15, 0.2) is 0 Å². The molecule has 0 aliphatic heterocycles. The predicted molar refractivity (Wildman–Crippen MR) is 113 cm³/mol. The molecule has 0 aromatic heterocycles. The SMILES string of the molecule is Cl.NCC1(NC(=O)CC(NC(=O)c2ccccc2)c2ccccc2)CCCC1. The Hall–Kier alpha value is -2.37. The van der Waals surface area contributed by atoms with Crippen molar-refractivity contribution in [3.8, 4) is 0 Å². The molecule has 2 amide bonds. The van der Waals surface area contributed by atoms with Gasteiger partial charge in [-0.15, -0.1) is 12.4 Å². The van der Waals surface area contributed by atoms with Gasteiger partial charge in [0.1, 0.15) is 0 Å². The van der Waals surface area contributed by atoms with Crippen LogP contribution < -0.4 is 16.4 Å². The summed E-state index contributed by atoms with van der Waals surface area (Å²) in [5.74, 6) is -0.267. The van der Waals surface area contributed by atoms with Gasteiger partial charge in [-0.3, -0.25) is 9.59 Å². The average molecular weight is 402 g/mol. The van der Waals surface area contributed by atoms with Crippen molar-refractivity contribution in [1.82, 2.24) is 10.6 Å². The fraction of sp³-hybridized carbons (Fsp3) is 0.364. The standard InChI is InChI=1S/C22H27N3O2.ClH/c23-16-22(13-7-8-14-22)25-20(26)15-19(17-9-3-1-4-10-17)24-21(27)18-11-5-2-6-12-18;/h1-6,9-12,19H,7-8,13-16,23H2,(H,24,27)(H,25,26);1H. The molecule has 6 heteroatoms. The normalized spacial score (nSPS) is 15.9. The van der Waals surface area contributed by atoms with Crippen LogP contribution in [0, 0.1) is 0 Å². The Morgan fingerprint density at radius 2 is 1.54 bits per heavy atom. The van der Waals surface area contributed by atoms with E-state index in [-0.39, 0.29) is 36.2 Å². The molecule has 0 spiro atoms. The molecule has 1 fully saturated rings.